The highest BCUT2D eigenvalue weighted by molar-refractivity contribution is 7.89. The molecule has 0 unspecified atom stereocenters. The maximum atomic E-state index is 12.7. The molecule has 0 radical (unpaired) electrons. The Kier molecular flexibility index (Phi) is 6.90. The van der Waals surface area contributed by atoms with Crippen LogP contribution in [-0.4, -0.2) is 33.3 Å². The van der Waals surface area contributed by atoms with E-state index in [9.17, 15) is 17.6 Å². The van der Waals surface area contributed by atoms with E-state index in [4.69, 9.17) is 11.6 Å². The Morgan fingerprint density at radius 3 is 2.45 bits per heavy atom. The van der Waals surface area contributed by atoms with Gasteiger partial charge in [0.2, 0.25) is 15.9 Å². The van der Waals surface area contributed by atoms with Crippen molar-refractivity contribution in [3.05, 3.63) is 30.1 Å². The zero-order valence-corrected chi connectivity index (χ0v) is 12.3. The molecule has 0 fully saturated rings. The number of alkyl halides is 1. The van der Waals surface area contributed by atoms with Crippen molar-refractivity contribution in [3.63, 3.8) is 0 Å². The number of rotatable bonds is 8. The first-order chi connectivity index (χ1) is 9.45. The molecule has 112 valence electrons. The van der Waals surface area contributed by atoms with Crippen molar-refractivity contribution in [2.24, 2.45) is 0 Å². The summed E-state index contributed by atoms with van der Waals surface area (Å²) in [5.74, 6) is -0.308. The van der Waals surface area contributed by atoms with Crippen LogP contribution in [0.4, 0.5) is 4.39 Å². The molecule has 0 spiro atoms. The van der Waals surface area contributed by atoms with Gasteiger partial charge in [-0.05, 0) is 30.7 Å². The molecule has 1 aromatic carbocycles. The third-order valence-corrected chi connectivity index (χ3v) is 4.14. The zero-order chi connectivity index (χ0) is 15.0. The van der Waals surface area contributed by atoms with Crippen molar-refractivity contribution in [2.45, 2.75) is 17.7 Å². The Hall–Kier alpha value is -1.18. The average Bonchev–Trinajstić information content (AvgIpc) is 2.39. The van der Waals surface area contributed by atoms with Gasteiger partial charge in [-0.2, -0.15) is 0 Å². The molecule has 0 bridgehead atoms. The van der Waals surface area contributed by atoms with Crippen molar-refractivity contribution < 1.29 is 17.6 Å². The van der Waals surface area contributed by atoms with Crippen LogP contribution in [0.25, 0.3) is 0 Å². The second-order valence-electron chi connectivity index (χ2n) is 3.99. The fourth-order valence-electron chi connectivity index (χ4n) is 1.38. The maximum Gasteiger partial charge on any atom is 0.240 e. The minimum absolute atomic E-state index is 0.0214. The van der Waals surface area contributed by atoms with Crippen molar-refractivity contribution >= 4 is 27.5 Å². The summed E-state index contributed by atoms with van der Waals surface area (Å²) in [5.41, 5.74) is 0. The Morgan fingerprint density at radius 1 is 1.20 bits per heavy atom. The van der Waals surface area contributed by atoms with Gasteiger partial charge in [-0.3, -0.25) is 4.79 Å². The van der Waals surface area contributed by atoms with Crippen LogP contribution in [-0.2, 0) is 14.8 Å². The Morgan fingerprint density at radius 2 is 1.85 bits per heavy atom. The summed E-state index contributed by atoms with van der Waals surface area (Å²) in [6.45, 7) is 0.444. The molecule has 8 heteroatoms. The van der Waals surface area contributed by atoms with E-state index < -0.39 is 15.8 Å². The first-order valence-electron chi connectivity index (χ1n) is 6.03. The number of amides is 1. The van der Waals surface area contributed by atoms with Gasteiger partial charge in [0.05, 0.1) is 4.90 Å². The van der Waals surface area contributed by atoms with Gasteiger partial charge in [-0.1, -0.05) is 0 Å². The first kappa shape index (κ1) is 16.9. The van der Waals surface area contributed by atoms with E-state index in [-0.39, 0.29) is 23.8 Å². The number of hydrogen-bond acceptors (Lipinski definition) is 3. The van der Waals surface area contributed by atoms with Gasteiger partial charge in [-0.15, -0.1) is 11.6 Å². The number of halogens is 2. The average molecular weight is 323 g/mol. The van der Waals surface area contributed by atoms with Crippen molar-refractivity contribution in [3.8, 4) is 0 Å². The van der Waals surface area contributed by atoms with Crippen LogP contribution in [0.15, 0.2) is 29.2 Å². The van der Waals surface area contributed by atoms with E-state index in [2.05, 4.69) is 10.0 Å². The topological polar surface area (TPSA) is 75.3 Å². The van der Waals surface area contributed by atoms with Crippen LogP contribution in [0.2, 0.25) is 0 Å². The Bertz CT molecular complexity index is 534. The van der Waals surface area contributed by atoms with Crippen LogP contribution in [0.3, 0.4) is 0 Å². The third kappa shape index (κ3) is 5.85. The van der Waals surface area contributed by atoms with Gasteiger partial charge in [0.25, 0.3) is 0 Å². The molecule has 1 rings (SSSR count). The molecule has 5 nitrogen and oxygen atoms in total. The third-order valence-electron chi connectivity index (χ3n) is 2.40. The van der Waals surface area contributed by atoms with Crippen molar-refractivity contribution in [2.75, 3.05) is 19.0 Å². The summed E-state index contributed by atoms with van der Waals surface area (Å²) in [6, 6.07) is 4.46. The molecule has 1 aromatic rings. The molecule has 1 amide bonds. The summed E-state index contributed by atoms with van der Waals surface area (Å²) in [6.07, 6.45) is 0.692. The van der Waals surface area contributed by atoms with E-state index in [0.717, 1.165) is 24.3 Å². The molecule has 0 aliphatic rings. The van der Waals surface area contributed by atoms with Crippen LogP contribution in [0.5, 0.6) is 0 Å². The molecule has 0 aromatic heterocycles. The highest BCUT2D eigenvalue weighted by atomic mass is 35.5. The normalized spacial score (nSPS) is 11.3. The molecule has 0 heterocycles. The van der Waals surface area contributed by atoms with Crippen LogP contribution >= 0.6 is 11.6 Å². The molecular formula is C12H16ClFN2O3S. The number of carbonyl (C=O) groups excluding carboxylic acids is 1. The lowest BCUT2D eigenvalue weighted by Crippen LogP contribution is -2.31. The largest absolute Gasteiger partial charge is 0.356 e. The van der Waals surface area contributed by atoms with E-state index in [1.807, 2.05) is 0 Å². The number of nitrogens with one attached hydrogen (secondary N) is 2. The smallest absolute Gasteiger partial charge is 0.240 e. The molecule has 0 aliphatic heterocycles. The predicted octanol–water partition coefficient (Wildman–Crippen LogP) is 1.24. The monoisotopic (exact) mass is 322 g/mol. The molecule has 2 N–H and O–H groups in total. The standard InChI is InChI=1S/C12H16ClFN2O3S/c13-7-1-8-15-12(17)6-9-16-20(18,19)11-4-2-10(14)3-5-11/h2-5,16H,1,6-9H2,(H,15,17). The Balaban J connectivity index is 2.40. The number of hydrogen-bond donors (Lipinski definition) is 2. The summed E-state index contributed by atoms with van der Waals surface area (Å²) in [5, 5.41) is 2.61. The first-order valence-corrected chi connectivity index (χ1v) is 8.05. The lowest BCUT2D eigenvalue weighted by molar-refractivity contribution is -0.120. The zero-order valence-electron chi connectivity index (χ0n) is 10.7. The van der Waals surface area contributed by atoms with Gasteiger partial charge < -0.3 is 5.32 Å². The second kappa shape index (κ2) is 8.18. The van der Waals surface area contributed by atoms with Crippen molar-refractivity contribution in [1.29, 1.82) is 0 Å². The number of benzene rings is 1. The highest BCUT2D eigenvalue weighted by Crippen LogP contribution is 2.09. The summed E-state index contributed by atoms with van der Waals surface area (Å²) in [7, 11) is -3.72. The van der Waals surface area contributed by atoms with Gasteiger partial charge in [0.15, 0.2) is 0 Å². The van der Waals surface area contributed by atoms with Gasteiger partial charge in [0, 0.05) is 25.4 Å². The fourth-order valence-corrected chi connectivity index (χ4v) is 2.54. The van der Waals surface area contributed by atoms with E-state index in [1.165, 1.54) is 0 Å². The highest BCUT2D eigenvalue weighted by Gasteiger charge is 2.13. The molecule has 0 aliphatic carbocycles. The van der Waals surface area contributed by atoms with Gasteiger partial charge in [0.1, 0.15) is 5.82 Å². The molecular weight excluding hydrogens is 307 g/mol. The summed E-state index contributed by atoms with van der Waals surface area (Å²) >= 11 is 5.46. The van der Waals surface area contributed by atoms with Crippen molar-refractivity contribution in [1.82, 2.24) is 10.0 Å². The molecule has 0 saturated carbocycles. The van der Waals surface area contributed by atoms with Crippen LogP contribution in [0.1, 0.15) is 12.8 Å². The van der Waals surface area contributed by atoms with E-state index in [1.54, 1.807) is 0 Å². The molecule has 0 atom stereocenters. The fraction of sp³-hybridized carbons (Fsp3) is 0.417. The summed E-state index contributed by atoms with van der Waals surface area (Å²) in [4.78, 5) is 11.3. The van der Waals surface area contributed by atoms with Gasteiger partial charge >= 0.3 is 0 Å². The van der Waals surface area contributed by atoms with Gasteiger partial charge in [-0.25, -0.2) is 17.5 Å². The summed E-state index contributed by atoms with van der Waals surface area (Å²) < 4.78 is 38.6. The molecule has 20 heavy (non-hydrogen) atoms. The van der Waals surface area contributed by atoms with Crippen LogP contribution in [0, 0.1) is 5.82 Å². The molecule has 0 saturated heterocycles. The number of carbonyl (C=O) groups is 1. The van der Waals surface area contributed by atoms with E-state index in [0.29, 0.717) is 18.8 Å². The Labute approximate surface area is 122 Å². The number of sulfonamides is 1. The predicted molar refractivity (Wildman–Crippen MR) is 74.6 cm³/mol. The van der Waals surface area contributed by atoms with E-state index >= 15 is 0 Å². The quantitative estimate of drug-likeness (QED) is 0.558. The lowest BCUT2D eigenvalue weighted by Gasteiger charge is -2.07. The minimum Gasteiger partial charge on any atom is -0.356 e. The van der Waals surface area contributed by atoms with Crippen LogP contribution < -0.4 is 10.0 Å². The SMILES string of the molecule is O=C(CCNS(=O)(=O)c1ccc(F)cc1)NCCCCl. The second-order valence-corrected chi connectivity index (χ2v) is 6.14. The minimum atomic E-state index is -3.72. The maximum absolute atomic E-state index is 12.7. The lowest BCUT2D eigenvalue weighted by atomic mass is 10.4.